The molecule has 9 aromatic carbocycles. The summed E-state index contributed by atoms with van der Waals surface area (Å²) < 4.78 is 4.76. The Morgan fingerprint density at radius 3 is 1.27 bits per heavy atom. The van der Waals surface area contributed by atoms with Crippen LogP contribution in [0.1, 0.15) is 0 Å². The molecule has 0 saturated heterocycles. The first-order valence-electron chi connectivity index (χ1n) is 20.4. The summed E-state index contributed by atoms with van der Waals surface area (Å²) in [6, 6.07) is 78.1. The number of hydrogen-bond acceptors (Lipinski definition) is 2. The fraction of sp³-hybridized carbons (Fsp3) is 0. The summed E-state index contributed by atoms with van der Waals surface area (Å²) in [5, 5.41) is 4.74. The van der Waals surface area contributed by atoms with Gasteiger partial charge in [0, 0.05) is 32.8 Å². The minimum Gasteiger partial charge on any atom is -0.309 e. The highest BCUT2D eigenvalue weighted by Gasteiger charge is 2.22. The summed E-state index contributed by atoms with van der Waals surface area (Å²) in [7, 11) is 0. The van der Waals surface area contributed by atoms with Crippen LogP contribution in [0.25, 0.3) is 111 Å². The fourth-order valence-corrected chi connectivity index (χ4v) is 9.04. The molecule has 0 bridgehead atoms. The standard InChI is InChI=1S/C56H36N4/c1-5-15-37(16-6-1)41-26-30-51-46(33-41)47-34-42(38-17-7-2-8-18-38)27-31-52(47)59(51)44-28-32-53-48(36-44)45-29-25-43(39-19-9-3-10-20-39)35-54(45)60(53)56-55(40-21-11-4-12-22-40)57-49-23-13-14-24-50(49)58-56/h1-36H. The molecule has 0 fully saturated rings. The maximum Gasteiger partial charge on any atom is 0.165 e. The molecule has 12 rings (SSSR count). The van der Waals surface area contributed by atoms with E-state index in [1.54, 1.807) is 0 Å². The highest BCUT2D eigenvalue weighted by Crippen LogP contribution is 2.41. The third kappa shape index (κ3) is 5.53. The van der Waals surface area contributed by atoms with E-state index >= 15 is 0 Å². The third-order valence-corrected chi connectivity index (χ3v) is 11.9. The van der Waals surface area contributed by atoms with E-state index in [1.165, 1.54) is 38.6 Å². The van der Waals surface area contributed by atoms with Gasteiger partial charge in [0.05, 0.1) is 33.1 Å². The predicted octanol–water partition coefficient (Wildman–Crippen LogP) is 14.5. The van der Waals surface area contributed by atoms with Crippen LogP contribution in [-0.2, 0) is 0 Å². The van der Waals surface area contributed by atoms with Gasteiger partial charge >= 0.3 is 0 Å². The van der Waals surface area contributed by atoms with Crippen LogP contribution in [0.4, 0.5) is 0 Å². The molecule has 4 nitrogen and oxygen atoms in total. The number of hydrogen-bond donors (Lipinski definition) is 0. The highest BCUT2D eigenvalue weighted by atomic mass is 15.1. The van der Waals surface area contributed by atoms with E-state index < -0.39 is 0 Å². The van der Waals surface area contributed by atoms with Gasteiger partial charge in [-0.25, -0.2) is 9.97 Å². The fourth-order valence-electron chi connectivity index (χ4n) is 9.04. The Bertz CT molecular complexity index is 3470. The third-order valence-electron chi connectivity index (χ3n) is 11.9. The van der Waals surface area contributed by atoms with Crippen molar-refractivity contribution in [1.82, 2.24) is 19.1 Å². The van der Waals surface area contributed by atoms with E-state index in [0.29, 0.717) is 0 Å². The topological polar surface area (TPSA) is 35.6 Å². The van der Waals surface area contributed by atoms with Crippen molar-refractivity contribution in [3.05, 3.63) is 218 Å². The van der Waals surface area contributed by atoms with E-state index in [9.17, 15) is 0 Å². The molecule has 0 radical (unpaired) electrons. The predicted molar refractivity (Wildman–Crippen MR) is 250 cm³/mol. The highest BCUT2D eigenvalue weighted by molar-refractivity contribution is 6.14. The zero-order valence-corrected chi connectivity index (χ0v) is 32.6. The Balaban J connectivity index is 1.14. The van der Waals surface area contributed by atoms with Crippen molar-refractivity contribution in [2.75, 3.05) is 0 Å². The van der Waals surface area contributed by atoms with Gasteiger partial charge in [0.15, 0.2) is 5.82 Å². The van der Waals surface area contributed by atoms with Crippen LogP contribution in [-0.4, -0.2) is 19.1 Å². The zero-order valence-electron chi connectivity index (χ0n) is 32.6. The van der Waals surface area contributed by atoms with E-state index in [2.05, 4.69) is 203 Å². The zero-order chi connectivity index (χ0) is 39.6. The van der Waals surface area contributed by atoms with Crippen LogP contribution < -0.4 is 0 Å². The van der Waals surface area contributed by atoms with Gasteiger partial charge in [0.25, 0.3) is 0 Å². The largest absolute Gasteiger partial charge is 0.309 e. The van der Waals surface area contributed by atoms with E-state index in [0.717, 1.165) is 72.2 Å². The number of fused-ring (bicyclic) bond motifs is 7. The number of nitrogens with zero attached hydrogens (tertiary/aromatic N) is 4. The summed E-state index contributed by atoms with van der Waals surface area (Å²) in [6.07, 6.45) is 0. The molecule has 4 heteroatoms. The van der Waals surface area contributed by atoms with Crippen molar-refractivity contribution in [3.63, 3.8) is 0 Å². The van der Waals surface area contributed by atoms with Gasteiger partial charge in [-0.1, -0.05) is 158 Å². The molecule has 0 N–H and O–H groups in total. The molecule has 0 aliphatic heterocycles. The molecular formula is C56H36N4. The van der Waals surface area contributed by atoms with Crippen LogP contribution in [0, 0.1) is 0 Å². The lowest BCUT2D eigenvalue weighted by Gasteiger charge is -2.14. The van der Waals surface area contributed by atoms with Crippen LogP contribution in [0.2, 0.25) is 0 Å². The summed E-state index contributed by atoms with van der Waals surface area (Å²) in [5.41, 5.74) is 16.3. The molecule has 0 saturated carbocycles. The van der Waals surface area contributed by atoms with E-state index in [1.807, 2.05) is 24.3 Å². The average Bonchev–Trinajstić information content (AvgIpc) is 3.83. The van der Waals surface area contributed by atoms with Crippen molar-refractivity contribution >= 4 is 54.6 Å². The van der Waals surface area contributed by atoms with Crippen molar-refractivity contribution in [1.29, 1.82) is 0 Å². The van der Waals surface area contributed by atoms with Gasteiger partial charge in [0.2, 0.25) is 0 Å². The monoisotopic (exact) mass is 764 g/mol. The lowest BCUT2D eigenvalue weighted by Crippen LogP contribution is -2.04. The minimum atomic E-state index is 0.802. The van der Waals surface area contributed by atoms with Crippen molar-refractivity contribution < 1.29 is 0 Å². The summed E-state index contributed by atoms with van der Waals surface area (Å²) in [6.45, 7) is 0. The summed E-state index contributed by atoms with van der Waals surface area (Å²) >= 11 is 0. The van der Waals surface area contributed by atoms with Gasteiger partial charge < -0.3 is 4.57 Å². The Morgan fingerprint density at radius 1 is 0.267 bits per heavy atom. The molecule has 0 spiro atoms. The molecule has 12 aromatic rings. The number of para-hydroxylation sites is 2. The van der Waals surface area contributed by atoms with Crippen LogP contribution in [0.3, 0.4) is 0 Å². The van der Waals surface area contributed by atoms with Gasteiger partial charge in [-0.15, -0.1) is 0 Å². The Labute approximate surface area is 346 Å². The second-order valence-corrected chi connectivity index (χ2v) is 15.4. The molecular weight excluding hydrogens is 729 g/mol. The van der Waals surface area contributed by atoms with Crippen molar-refractivity contribution in [3.8, 4) is 56.1 Å². The first-order valence-corrected chi connectivity index (χ1v) is 20.4. The summed E-state index contributed by atoms with van der Waals surface area (Å²) in [5.74, 6) is 0.802. The Kier molecular flexibility index (Phi) is 7.82. The van der Waals surface area contributed by atoms with E-state index in [-0.39, 0.29) is 0 Å². The molecule has 0 aliphatic carbocycles. The first-order chi connectivity index (χ1) is 29.7. The van der Waals surface area contributed by atoms with Gasteiger partial charge in [-0.05, 0) is 94.0 Å². The molecule has 60 heavy (non-hydrogen) atoms. The first kappa shape index (κ1) is 34.0. The minimum absolute atomic E-state index is 0.802. The average molecular weight is 765 g/mol. The number of benzene rings is 9. The molecule has 0 amide bonds. The lowest BCUT2D eigenvalue weighted by molar-refractivity contribution is 1.08. The van der Waals surface area contributed by atoms with Gasteiger partial charge in [0.1, 0.15) is 5.69 Å². The summed E-state index contributed by atoms with van der Waals surface area (Å²) in [4.78, 5) is 10.7. The quantitative estimate of drug-likeness (QED) is 0.169. The van der Waals surface area contributed by atoms with Crippen molar-refractivity contribution in [2.24, 2.45) is 0 Å². The number of aromatic nitrogens is 4. The molecule has 3 aromatic heterocycles. The van der Waals surface area contributed by atoms with E-state index in [4.69, 9.17) is 9.97 Å². The van der Waals surface area contributed by atoms with Gasteiger partial charge in [-0.3, -0.25) is 4.57 Å². The maximum absolute atomic E-state index is 5.41. The maximum atomic E-state index is 5.41. The van der Waals surface area contributed by atoms with Crippen molar-refractivity contribution in [2.45, 2.75) is 0 Å². The Hall–Kier alpha value is -8.08. The second kappa shape index (κ2) is 13.8. The second-order valence-electron chi connectivity index (χ2n) is 15.4. The molecule has 3 heterocycles. The molecule has 280 valence electrons. The van der Waals surface area contributed by atoms with Crippen LogP contribution >= 0.6 is 0 Å². The molecule has 0 atom stereocenters. The lowest BCUT2D eigenvalue weighted by atomic mass is 10.0. The normalized spacial score (nSPS) is 11.7. The Morgan fingerprint density at radius 2 is 0.700 bits per heavy atom. The number of rotatable bonds is 6. The molecule has 0 unspecified atom stereocenters. The smallest absolute Gasteiger partial charge is 0.165 e. The SMILES string of the molecule is c1ccc(-c2ccc3c(c2)c2cc(-c4ccccc4)ccc2n3-c2ccc3c(c2)c2ccc(-c4ccccc4)cc2n3-c2nc3ccccc3nc2-c2ccccc2)cc1. The van der Waals surface area contributed by atoms with Crippen LogP contribution in [0.5, 0.6) is 0 Å². The van der Waals surface area contributed by atoms with Gasteiger partial charge in [-0.2, -0.15) is 0 Å². The van der Waals surface area contributed by atoms with Crippen LogP contribution in [0.15, 0.2) is 218 Å². The molecule has 0 aliphatic rings.